The summed E-state index contributed by atoms with van der Waals surface area (Å²) in [7, 11) is 0. The van der Waals surface area contributed by atoms with Crippen molar-refractivity contribution in [2.75, 3.05) is 16.8 Å². The second-order valence-corrected chi connectivity index (χ2v) is 9.60. The van der Waals surface area contributed by atoms with Crippen LogP contribution < -0.4 is 15.5 Å². The minimum Gasteiger partial charge on any atom is -0.351 e. The first-order chi connectivity index (χ1) is 16.9. The first kappa shape index (κ1) is 23.0. The lowest BCUT2D eigenvalue weighted by Gasteiger charge is -2.34. The first-order valence-corrected chi connectivity index (χ1v) is 12.2. The van der Waals surface area contributed by atoms with Crippen molar-refractivity contribution in [3.05, 3.63) is 69.8 Å². The Morgan fingerprint density at radius 2 is 2.03 bits per heavy atom. The van der Waals surface area contributed by atoms with Gasteiger partial charge in [0.15, 0.2) is 0 Å². The van der Waals surface area contributed by atoms with Crippen molar-refractivity contribution in [3.63, 3.8) is 0 Å². The molecule has 2 aromatic carbocycles. The van der Waals surface area contributed by atoms with Crippen LogP contribution in [0, 0.1) is 0 Å². The van der Waals surface area contributed by atoms with Gasteiger partial charge in [-0.1, -0.05) is 48.1 Å². The summed E-state index contributed by atoms with van der Waals surface area (Å²) in [6.07, 6.45) is 1.04. The van der Waals surface area contributed by atoms with Gasteiger partial charge in [-0.15, -0.1) is 10.2 Å². The maximum atomic E-state index is 13.4. The predicted octanol–water partition coefficient (Wildman–Crippen LogP) is 3.56. The summed E-state index contributed by atoms with van der Waals surface area (Å²) in [6, 6.07) is 13.5. The highest BCUT2D eigenvalue weighted by molar-refractivity contribution is 7.15. The second-order valence-electron chi connectivity index (χ2n) is 8.10. The lowest BCUT2D eigenvalue weighted by atomic mass is 9.97. The van der Waals surface area contributed by atoms with E-state index in [4.69, 9.17) is 11.6 Å². The Labute approximate surface area is 209 Å². The Hall–Kier alpha value is -3.76. The van der Waals surface area contributed by atoms with Gasteiger partial charge in [0.2, 0.25) is 16.9 Å². The zero-order valence-electron chi connectivity index (χ0n) is 18.7. The summed E-state index contributed by atoms with van der Waals surface area (Å²) < 4.78 is 0. The molecule has 0 radical (unpaired) electrons. The Bertz CT molecular complexity index is 1450. The lowest BCUT2D eigenvalue weighted by molar-refractivity contribution is -0.123. The molecular formula is C24H21ClN6O3S. The van der Waals surface area contributed by atoms with Crippen LogP contribution >= 0.6 is 22.9 Å². The molecule has 1 unspecified atom stereocenters. The largest absolute Gasteiger partial charge is 0.351 e. The zero-order chi connectivity index (χ0) is 24.5. The molecule has 1 atom stereocenters. The van der Waals surface area contributed by atoms with Gasteiger partial charge >= 0.3 is 0 Å². The van der Waals surface area contributed by atoms with Gasteiger partial charge in [0.25, 0.3) is 5.91 Å². The number of amides is 3. The third-order valence-electron chi connectivity index (χ3n) is 5.72. The molecule has 35 heavy (non-hydrogen) atoms. The number of aromatic nitrogens is 3. The molecule has 178 valence electrons. The number of carbonyl (C=O) groups is 3. The number of aryl methyl sites for hydroxylation is 1. The molecule has 3 heterocycles. The third kappa shape index (κ3) is 4.75. The highest BCUT2D eigenvalue weighted by atomic mass is 35.5. The minimum absolute atomic E-state index is 0.214. The Morgan fingerprint density at radius 3 is 2.83 bits per heavy atom. The van der Waals surface area contributed by atoms with Gasteiger partial charge in [0, 0.05) is 28.0 Å². The van der Waals surface area contributed by atoms with Crippen LogP contribution in [-0.2, 0) is 22.4 Å². The number of nitrogens with zero attached hydrogens (tertiary/aromatic N) is 3. The summed E-state index contributed by atoms with van der Waals surface area (Å²) in [6.45, 7) is 1.74. The van der Waals surface area contributed by atoms with Crippen LogP contribution in [0.15, 0.2) is 48.5 Å². The molecule has 0 saturated heterocycles. The van der Waals surface area contributed by atoms with Crippen LogP contribution in [0.5, 0.6) is 0 Å². The Kier molecular flexibility index (Phi) is 6.23. The molecule has 1 aliphatic heterocycles. The summed E-state index contributed by atoms with van der Waals surface area (Å²) in [5.41, 5.74) is 2.59. The summed E-state index contributed by atoms with van der Waals surface area (Å²) in [5, 5.41) is 16.0. The van der Waals surface area contributed by atoms with Gasteiger partial charge < -0.3 is 15.2 Å². The number of para-hydroxylation sites is 1. The summed E-state index contributed by atoms with van der Waals surface area (Å²) in [5.74, 6) is -1.18. The van der Waals surface area contributed by atoms with E-state index in [-0.39, 0.29) is 12.5 Å². The van der Waals surface area contributed by atoms with Gasteiger partial charge in [0.05, 0.1) is 0 Å². The number of fused-ring (bicyclic) bond motifs is 2. The van der Waals surface area contributed by atoms with Crippen molar-refractivity contribution in [2.45, 2.75) is 25.8 Å². The Morgan fingerprint density at radius 1 is 1.20 bits per heavy atom. The molecular weight excluding hydrogens is 488 g/mol. The average molecular weight is 509 g/mol. The molecule has 3 N–H and O–H groups in total. The van der Waals surface area contributed by atoms with E-state index in [2.05, 4.69) is 25.8 Å². The normalized spacial score (nSPS) is 15.2. The van der Waals surface area contributed by atoms with Crippen molar-refractivity contribution in [2.24, 2.45) is 0 Å². The fourth-order valence-electron chi connectivity index (χ4n) is 4.05. The number of hydrogen-bond donors (Lipinski definition) is 3. The van der Waals surface area contributed by atoms with Crippen molar-refractivity contribution >= 4 is 62.4 Å². The molecule has 2 aromatic heterocycles. The van der Waals surface area contributed by atoms with E-state index < -0.39 is 17.9 Å². The number of rotatable bonds is 6. The lowest BCUT2D eigenvalue weighted by Crippen LogP contribution is -2.54. The molecule has 1 aliphatic rings. The molecule has 11 heteroatoms. The van der Waals surface area contributed by atoms with Crippen molar-refractivity contribution in [1.29, 1.82) is 0 Å². The quantitative estimate of drug-likeness (QED) is 0.368. The molecule has 9 nitrogen and oxygen atoms in total. The number of hydrogen-bond acceptors (Lipinski definition) is 6. The molecule has 0 bridgehead atoms. The van der Waals surface area contributed by atoms with Gasteiger partial charge in [-0.25, -0.2) is 0 Å². The molecule has 3 amide bonds. The highest BCUT2D eigenvalue weighted by Crippen LogP contribution is 2.28. The molecule has 0 saturated carbocycles. The van der Waals surface area contributed by atoms with E-state index in [1.807, 2.05) is 25.1 Å². The molecule has 0 aliphatic carbocycles. The number of carbonyl (C=O) groups excluding carboxylic acids is 3. The highest BCUT2D eigenvalue weighted by Gasteiger charge is 2.35. The van der Waals surface area contributed by atoms with Crippen molar-refractivity contribution in [1.82, 2.24) is 20.5 Å². The van der Waals surface area contributed by atoms with Crippen molar-refractivity contribution in [3.8, 4) is 0 Å². The zero-order valence-corrected chi connectivity index (χ0v) is 20.2. The van der Waals surface area contributed by atoms with E-state index in [0.29, 0.717) is 28.0 Å². The number of aromatic amines is 1. The summed E-state index contributed by atoms with van der Waals surface area (Å²) in [4.78, 5) is 43.6. The summed E-state index contributed by atoms with van der Waals surface area (Å²) >= 11 is 7.34. The monoisotopic (exact) mass is 508 g/mol. The van der Waals surface area contributed by atoms with Gasteiger partial charge in [0.1, 0.15) is 23.3 Å². The van der Waals surface area contributed by atoms with E-state index in [1.54, 1.807) is 30.3 Å². The van der Waals surface area contributed by atoms with Gasteiger partial charge in [-0.3, -0.25) is 19.7 Å². The van der Waals surface area contributed by atoms with E-state index in [9.17, 15) is 14.4 Å². The predicted molar refractivity (Wildman–Crippen MR) is 135 cm³/mol. The molecule has 5 rings (SSSR count). The fraction of sp³-hybridized carbons (Fsp3) is 0.208. The second kappa shape index (κ2) is 9.47. The van der Waals surface area contributed by atoms with Crippen LogP contribution in [0.1, 0.15) is 28.0 Å². The van der Waals surface area contributed by atoms with Crippen LogP contribution in [0.25, 0.3) is 10.9 Å². The van der Waals surface area contributed by atoms with Gasteiger partial charge in [-0.2, -0.15) is 0 Å². The number of H-pyrrole nitrogens is 1. The van der Waals surface area contributed by atoms with Gasteiger partial charge in [-0.05, 0) is 42.3 Å². The van der Waals surface area contributed by atoms with Crippen molar-refractivity contribution < 1.29 is 14.4 Å². The smallest absolute Gasteiger partial charge is 0.268 e. The standard InChI is InChI=1S/C24H21ClN6O3S/c1-2-21-29-30-24(35-21)28-20(32)12-31-19-6-4-3-5-13(19)10-18(23(31)34)27-22(33)17-11-14-9-15(25)7-8-16(14)26-17/h3-9,11,18,26H,2,10,12H2,1H3,(H,27,33)(H,28,30,32). The number of nitrogens with one attached hydrogen (secondary N) is 3. The first-order valence-electron chi connectivity index (χ1n) is 11.0. The van der Waals surface area contributed by atoms with Crippen LogP contribution in [0.3, 0.4) is 0 Å². The maximum absolute atomic E-state index is 13.4. The third-order valence-corrected chi connectivity index (χ3v) is 6.94. The Balaban J connectivity index is 1.35. The maximum Gasteiger partial charge on any atom is 0.268 e. The number of anilines is 2. The molecule has 0 spiro atoms. The fourth-order valence-corrected chi connectivity index (χ4v) is 4.92. The minimum atomic E-state index is -0.826. The number of benzene rings is 2. The van der Waals surface area contributed by atoms with Crippen LogP contribution in [0.2, 0.25) is 5.02 Å². The SMILES string of the molecule is CCc1nnc(NC(=O)CN2C(=O)C(NC(=O)c3cc4cc(Cl)ccc4[nH]3)Cc3ccccc32)s1. The van der Waals surface area contributed by atoms with E-state index in [1.165, 1.54) is 16.2 Å². The topological polar surface area (TPSA) is 120 Å². The van der Waals surface area contributed by atoms with E-state index in [0.717, 1.165) is 27.9 Å². The van der Waals surface area contributed by atoms with Crippen LogP contribution in [-0.4, -0.2) is 45.5 Å². The average Bonchev–Trinajstić information content (AvgIpc) is 3.48. The van der Waals surface area contributed by atoms with E-state index >= 15 is 0 Å². The molecule has 0 fully saturated rings. The molecule has 4 aromatic rings. The van der Waals surface area contributed by atoms with Crippen LogP contribution in [0.4, 0.5) is 10.8 Å². The number of halogens is 1.